The Hall–Kier alpha value is -3.02. The molecule has 1 aliphatic heterocycles. The minimum atomic E-state index is -0.196. The van der Waals surface area contributed by atoms with Crippen LogP contribution in [0, 0.1) is 5.92 Å². The number of hydrogen-bond acceptors (Lipinski definition) is 4. The van der Waals surface area contributed by atoms with Gasteiger partial charge in [0.15, 0.2) is 11.5 Å². The van der Waals surface area contributed by atoms with E-state index < -0.39 is 0 Å². The molecular weight excluding hydrogens is 344 g/mol. The number of anilines is 1. The van der Waals surface area contributed by atoms with Gasteiger partial charge in [0.05, 0.1) is 6.04 Å². The lowest BCUT2D eigenvalue weighted by atomic mass is 10.1. The Balaban J connectivity index is 1.43. The van der Waals surface area contributed by atoms with Gasteiger partial charge in [0.1, 0.15) is 13.2 Å². The zero-order valence-electron chi connectivity index (χ0n) is 15.2. The maximum atomic E-state index is 12.6. The predicted octanol–water partition coefficient (Wildman–Crippen LogP) is 3.30. The zero-order valence-corrected chi connectivity index (χ0v) is 15.2. The maximum absolute atomic E-state index is 12.6. The molecule has 1 atom stereocenters. The van der Waals surface area contributed by atoms with E-state index in [1.54, 1.807) is 24.3 Å². The lowest BCUT2D eigenvalue weighted by Gasteiger charge is -2.21. The Kier molecular flexibility index (Phi) is 4.71. The third-order valence-electron chi connectivity index (χ3n) is 4.75. The first-order valence-corrected chi connectivity index (χ1v) is 9.21. The van der Waals surface area contributed by atoms with Gasteiger partial charge in [0, 0.05) is 17.2 Å². The highest BCUT2D eigenvalue weighted by atomic mass is 16.6. The van der Waals surface area contributed by atoms with Crippen LogP contribution in [-0.4, -0.2) is 25.0 Å². The van der Waals surface area contributed by atoms with Gasteiger partial charge in [-0.2, -0.15) is 0 Å². The fourth-order valence-corrected chi connectivity index (χ4v) is 3.02. The lowest BCUT2D eigenvalue weighted by molar-refractivity contribution is -0.117. The van der Waals surface area contributed by atoms with Crippen LogP contribution in [0.2, 0.25) is 0 Å². The molecule has 1 unspecified atom stereocenters. The van der Waals surface area contributed by atoms with Gasteiger partial charge >= 0.3 is 0 Å². The molecule has 2 aliphatic rings. The Morgan fingerprint density at radius 2 is 1.81 bits per heavy atom. The van der Waals surface area contributed by atoms with Crippen molar-refractivity contribution in [3.8, 4) is 11.5 Å². The smallest absolute Gasteiger partial charge is 0.251 e. The number of carbonyl (C=O) groups is 2. The molecule has 1 saturated carbocycles. The summed E-state index contributed by atoms with van der Waals surface area (Å²) in [6, 6.07) is 12.5. The third kappa shape index (κ3) is 4.05. The number of rotatable bonds is 5. The molecular formula is C21H22N2O4. The highest BCUT2D eigenvalue weighted by Gasteiger charge is 2.29. The molecule has 1 fully saturated rings. The Morgan fingerprint density at radius 3 is 2.59 bits per heavy atom. The van der Waals surface area contributed by atoms with Crippen molar-refractivity contribution in [2.75, 3.05) is 18.5 Å². The molecule has 27 heavy (non-hydrogen) atoms. The molecule has 0 spiro atoms. The average molecular weight is 366 g/mol. The van der Waals surface area contributed by atoms with E-state index in [1.807, 2.05) is 25.1 Å². The normalized spacial score (nSPS) is 16.3. The topological polar surface area (TPSA) is 76.7 Å². The number of benzene rings is 2. The molecule has 0 bridgehead atoms. The van der Waals surface area contributed by atoms with E-state index in [4.69, 9.17) is 9.47 Å². The van der Waals surface area contributed by atoms with Crippen molar-refractivity contribution in [3.05, 3.63) is 53.6 Å². The Bertz CT molecular complexity index is 876. The second-order valence-corrected chi connectivity index (χ2v) is 6.94. The molecule has 0 saturated heterocycles. The molecule has 0 radical (unpaired) electrons. The monoisotopic (exact) mass is 366 g/mol. The summed E-state index contributed by atoms with van der Waals surface area (Å²) in [5, 5.41) is 5.86. The Labute approximate surface area is 157 Å². The first-order valence-electron chi connectivity index (χ1n) is 9.21. The van der Waals surface area contributed by atoms with Gasteiger partial charge < -0.3 is 20.1 Å². The zero-order chi connectivity index (χ0) is 18.8. The summed E-state index contributed by atoms with van der Waals surface area (Å²) >= 11 is 0. The SMILES string of the molecule is CC(NC(=O)c1cccc(NC(=O)C2CC2)c1)c1ccc2c(c1)OCCO2. The van der Waals surface area contributed by atoms with Gasteiger partial charge in [-0.05, 0) is 55.7 Å². The molecule has 1 heterocycles. The number of hydrogen-bond donors (Lipinski definition) is 2. The van der Waals surface area contributed by atoms with Crippen LogP contribution in [0.25, 0.3) is 0 Å². The summed E-state index contributed by atoms with van der Waals surface area (Å²) in [5.74, 6) is 1.38. The van der Waals surface area contributed by atoms with Crippen molar-refractivity contribution in [2.24, 2.45) is 5.92 Å². The van der Waals surface area contributed by atoms with E-state index in [0.29, 0.717) is 30.2 Å². The minimum Gasteiger partial charge on any atom is -0.486 e. The third-order valence-corrected chi connectivity index (χ3v) is 4.75. The van der Waals surface area contributed by atoms with Crippen molar-refractivity contribution in [3.63, 3.8) is 0 Å². The number of ether oxygens (including phenoxy) is 2. The fourth-order valence-electron chi connectivity index (χ4n) is 3.02. The standard InChI is InChI=1S/C21H22N2O4/c1-13(15-7-8-18-19(12-15)27-10-9-26-18)22-21(25)16-3-2-4-17(11-16)23-20(24)14-5-6-14/h2-4,7-8,11-14H,5-6,9-10H2,1H3,(H,22,25)(H,23,24). The number of fused-ring (bicyclic) bond motifs is 1. The first kappa shape index (κ1) is 17.4. The van der Waals surface area contributed by atoms with Crippen LogP contribution in [-0.2, 0) is 4.79 Å². The summed E-state index contributed by atoms with van der Waals surface area (Å²) in [6.07, 6.45) is 1.89. The molecule has 6 heteroatoms. The fraction of sp³-hybridized carbons (Fsp3) is 0.333. The molecule has 1 aliphatic carbocycles. The first-order chi connectivity index (χ1) is 13.1. The molecule has 2 aromatic rings. The van der Waals surface area contributed by atoms with E-state index in [2.05, 4.69) is 10.6 Å². The summed E-state index contributed by atoms with van der Waals surface area (Å²) in [5.41, 5.74) is 2.09. The van der Waals surface area contributed by atoms with Crippen molar-refractivity contribution >= 4 is 17.5 Å². The van der Waals surface area contributed by atoms with Gasteiger partial charge in [-0.25, -0.2) is 0 Å². The molecule has 2 aromatic carbocycles. The maximum Gasteiger partial charge on any atom is 0.251 e. The van der Waals surface area contributed by atoms with Gasteiger partial charge in [0.25, 0.3) is 5.91 Å². The Morgan fingerprint density at radius 1 is 1.04 bits per heavy atom. The van der Waals surface area contributed by atoms with Crippen molar-refractivity contribution < 1.29 is 19.1 Å². The molecule has 0 aromatic heterocycles. The van der Waals surface area contributed by atoms with E-state index in [0.717, 1.165) is 24.2 Å². The second-order valence-electron chi connectivity index (χ2n) is 6.94. The van der Waals surface area contributed by atoms with Crippen LogP contribution in [0.1, 0.15) is 41.7 Å². The summed E-state index contributed by atoms with van der Waals surface area (Å²) in [7, 11) is 0. The second kappa shape index (κ2) is 7.31. The highest BCUT2D eigenvalue weighted by Crippen LogP contribution is 2.33. The lowest BCUT2D eigenvalue weighted by Crippen LogP contribution is -2.27. The van der Waals surface area contributed by atoms with Crippen LogP contribution >= 0.6 is 0 Å². The average Bonchev–Trinajstić information content (AvgIpc) is 3.53. The number of carbonyl (C=O) groups excluding carboxylic acids is 2. The van der Waals surface area contributed by atoms with Crippen LogP contribution in [0.3, 0.4) is 0 Å². The number of amides is 2. The quantitative estimate of drug-likeness (QED) is 0.851. The molecule has 4 rings (SSSR count). The molecule has 140 valence electrons. The van der Waals surface area contributed by atoms with Crippen molar-refractivity contribution in [1.29, 1.82) is 0 Å². The van der Waals surface area contributed by atoms with E-state index in [-0.39, 0.29) is 23.8 Å². The van der Waals surface area contributed by atoms with E-state index in [1.165, 1.54) is 0 Å². The minimum absolute atomic E-state index is 0.0252. The van der Waals surface area contributed by atoms with Crippen molar-refractivity contribution in [1.82, 2.24) is 5.32 Å². The van der Waals surface area contributed by atoms with Crippen molar-refractivity contribution in [2.45, 2.75) is 25.8 Å². The highest BCUT2D eigenvalue weighted by molar-refractivity contribution is 5.98. The largest absolute Gasteiger partial charge is 0.486 e. The number of nitrogens with one attached hydrogen (secondary N) is 2. The van der Waals surface area contributed by atoms with Gasteiger partial charge in [0.2, 0.25) is 5.91 Å². The summed E-state index contributed by atoms with van der Waals surface area (Å²) in [4.78, 5) is 24.5. The van der Waals surface area contributed by atoms with Crippen LogP contribution < -0.4 is 20.1 Å². The van der Waals surface area contributed by atoms with E-state index in [9.17, 15) is 9.59 Å². The van der Waals surface area contributed by atoms with Gasteiger partial charge in [-0.1, -0.05) is 12.1 Å². The molecule has 6 nitrogen and oxygen atoms in total. The van der Waals surface area contributed by atoms with Crippen LogP contribution in [0.15, 0.2) is 42.5 Å². The predicted molar refractivity (Wildman–Crippen MR) is 101 cm³/mol. The van der Waals surface area contributed by atoms with Crippen LogP contribution in [0.5, 0.6) is 11.5 Å². The molecule has 2 amide bonds. The summed E-state index contributed by atoms with van der Waals surface area (Å²) in [6.45, 7) is 2.99. The van der Waals surface area contributed by atoms with Gasteiger partial charge in [-0.3, -0.25) is 9.59 Å². The van der Waals surface area contributed by atoms with Crippen LogP contribution in [0.4, 0.5) is 5.69 Å². The van der Waals surface area contributed by atoms with E-state index >= 15 is 0 Å². The summed E-state index contributed by atoms with van der Waals surface area (Å²) < 4.78 is 11.1. The van der Waals surface area contributed by atoms with Gasteiger partial charge in [-0.15, -0.1) is 0 Å². The molecule has 2 N–H and O–H groups in total.